The van der Waals surface area contributed by atoms with Crippen LogP contribution in [0.3, 0.4) is 0 Å². The third-order valence-electron chi connectivity index (χ3n) is 6.02. The number of ether oxygens (including phenoxy) is 2. The fourth-order valence-corrected chi connectivity index (χ4v) is 4.13. The molecule has 0 saturated heterocycles. The number of hydrogen-bond donors (Lipinski definition) is 1. The fourth-order valence-electron chi connectivity index (χ4n) is 4.01. The lowest BCUT2D eigenvalue weighted by Crippen LogP contribution is -2.51. The summed E-state index contributed by atoms with van der Waals surface area (Å²) < 4.78 is 10.7. The molecule has 0 aliphatic heterocycles. The van der Waals surface area contributed by atoms with E-state index in [1.807, 2.05) is 73.7 Å². The third-order valence-corrected chi connectivity index (χ3v) is 6.27. The molecular weight excluding hydrogens is 488 g/mol. The van der Waals surface area contributed by atoms with Crippen molar-refractivity contribution in [2.24, 2.45) is 0 Å². The monoisotopic (exact) mass is 522 g/mol. The van der Waals surface area contributed by atoms with Crippen LogP contribution in [-0.2, 0) is 33.7 Å². The Hall–Kier alpha value is -3.35. The van der Waals surface area contributed by atoms with E-state index in [0.717, 1.165) is 22.4 Å². The van der Waals surface area contributed by atoms with Crippen molar-refractivity contribution < 1.29 is 19.1 Å². The van der Waals surface area contributed by atoms with Crippen molar-refractivity contribution in [1.82, 2.24) is 10.2 Å². The lowest BCUT2D eigenvalue weighted by atomic mass is 10.0. The topological polar surface area (TPSA) is 67.9 Å². The average molecular weight is 523 g/mol. The van der Waals surface area contributed by atoms with Gasteiger partial charge in [-0.2, -0.15) is 0 Å². The van der Waals surface area contributed by atoms with Gasteiger partial charge < -0.3 is 19.7 Å². The maximum Gasteiger partial charge on any atom is 0.243 e. The molecule has 1 N–H and O–H groups in total. The molecule has 3 aromatic rings. The van der Waals surface area contributed by atoms with Gasteiger partial charge in [0.2, 0.25) is 11.8 Å². The molecule has 7 heteroatoms. The zero-order valence-electron chi connectivity index (χ0n) is 21.5. The van der Waals surface area contributed by atoms with Gasteiger partial charge in [-0.15, -0.1) is 0 Å². The number of carbonyl (C=O) groups excluding carboxylic acids is 2. The van der Waals surface area contributed by atoms with Crippen LogP contribution >= 0.6 is 11.6 Å². The number of halogens is 1. The van der Waals surface area contributed by atoms with Gasteiger partial charge >= 0.3 is 0 Å². The van der Waals surface area contributed by atoms with Gasteiger partial charge in [-0.25, -0.2) is 0 Å². The molecule has 0 radical (unpaired) electrons. The van der Waals surface area contributed by atoms with Crippen molar-refractivity contribution in [2.75, 3.05) is 26.9 Å². The first-order valence-corrected chi connectivity index (χ1v) is 12.9. The Bertz CT molecular complexity index is 1100. The number of nitrogens with one attached hydrogen (secondary N) is 1. The molecule has 37 heavy (non-hydrogen) atoms. The van der Waals surface area contributed by atoms with E-state index < -0.39 is 6.04 Å². The van der Waals surface area contributed by atoms with Gasteiger partial charge in [0.1, 0.15) is 11.8 Å². The summed E-state index contributed by atoms with van der Waals surface area (Å²) in [6.45, 7) is 3.93. The number of rotatable bonds is 14. The Morgan fingerprint density at radius 2 is 1.59 bits per heavy atom. The Kier molecular flexibility index (Phi) is 11.5. The second-order valence-electron chi connectivity index (χ2n) is 8.72. The summed E-state index contributed by atoms with van der Waals surface area (Å²) in [4.78, 5) is 29.0. The Balaban J connectivity index is 1.88. The van der Waals surface area contributed by atoms with Crippen LogP contribution in [0.5, 0.6) is 5.75 Å². The first-order chi connectivity index (χ1) is 18.0. The Morgan fingerprint density at radius 3 is 2.24 bits per heavy atom. The SMILES string of the molecule is CCOCCCNC(=O)[C@H](Cc1ccccc1)N(Cc1ccc(OC)cc1)C(=O)Cc1ccc(Cl)cc1. The number of benzene rings is 3. The van der Waals surface area contributed by atoms with Crippen molar-refractivity contribution in [2.45, 2.75) is 38.8 Å². The van der Waals surface area contributed by atoms with Gasteiger partial charge in [-0.3, -0.25) is 9.59 Å². The van der Waals surface area contributed by atoms with Crippen molar-refractivity contribution in [3.05, 3.63) is 101 Å². The molecule has 1 atom stereocenters. The third kappa shape index (κ3) is 9.23. The molecule has 3 rings (SSSR count). The summed E-state index contributed by atoms with van der Waals surface area (Å²) in [6.07, 6.45) is 1.27. The zero-order valence-corrected chi connectivity index (χ0v) is 22.2. The largest absolute Gasteiger partial charge is 0.497 e. The highest BCUT2D eigenvalue weighted by atomic mass is 35.5. The van der Waals surface area contributed by atoms with E-state index >= 15 is 0 Å². The highest BCUT2D eigenvalue weighted by molar-refractivity contribution is 6.30. The molecule has 0 aliphatic rings. The molecule has 0 spiro atoms. The van der Waals surface area contributed by atoms with Gasteiger partial charge in [0.05, 0.1) is 13.5 Å². The van der Waals surface area contributed by atoms with Gasteiger partial charge in [0.15, 0.2) is 0 Å². The molecular formula is C30H35ClN2O4. The van der Waals surface area contributed by atoms with Crippen LogP contribution < -0.4 is 10.1 Å². The fraction of sp³-hybridized carbons (Fsp3) is 0.333. The molecule has 0 bridgehead atoms. The van der Waals surface area contributed by atoms with Gasteiger partial charge in [-0.05, 0) is 54.3 Å². The maximum absolute atomic E-state index is 13.7. The number of carbonyl (C=O) groups is 2. The number of nitrogens with zero attached hydrogens (tertiary/aromatic N) is 1. The van der Waals surface area contributed by atoms with E-state index in [9.17, 15) is 9.59 Å². The smallest absolute Gasteiger partial charge is 0.243 e. The first-order valence-electron chi connectivity index (χ1n) is 12.6. The zero-order chi connectivity index (χ0) is 26.5. The number of hydrogen-bond acceptors (Lipinski definition) is 4. The molecule has 6 nitrogen and oxygen atoms in total. The van der Waals surface area contributed by atoms with Crippen LogP contribution in [0.25, 0.3) is 0 Å². The average Bonchev–Trinajstić information content (AvgIpc) is 2.92. The standard InChI is InChI=1S/C30H35ClN2O4/c1-3-37-19-7-18-32-30(35)28(20-23-8-5-4-6-9-23)33(22-25-12-16-27(36-2)17-13-25)29(34)21-24-10-14-26(31)15-11-24/h4-6,8-17,28H,3,7,18-22H2,1-2H3,(H,32,35)/t28-/m0/s1. The lowest BCUT2D eigenvalue weighted by molar-refractivity contribution is -0.140. The van der Waals surface area contributed by atoms with Crippen LogP contribution in [-0.4, -0.2) is 49.6 Å². The molecule has 3 aromatic carbocycles. The van der Waals surface area contributed by atoms with E-state index in [1.54, 1.807) is 24.1 Å². The summed E-state index contributed by atoms with van der Waals surface area (Å²) in [6, 6.07) is 23.9. The summed E-state index contributed by atoms with van der Waals surface area (Å²) in [5.41, 5.74) is 2.73. The maximum atomic E-state index is 13.7. The summed E-state index contributed by atoms with van der Waals surface area (Å²) in [5, 5.41) is 3.63. The highest BCUT2D eigenvalue weighted by Crippen LogP contribution is 2.19. The lowest BCUT2D eigenvalue weighted by Gasteiger charge is -2.32. The molecule has 0 unspecified atom stereocenters. The second-order valence-corrected chi connectivity index (χ2v) is 9.16. The Labute approximate surface area is 224 Å². The van der Waals surface area contributed by atoms with E-state index in [4.69, 9.17) is 21.1 Å². The number of amides is 2. The Morgan fingerprint density at radius 1 is 0.919 bits per heavy atom. The minimum Gasteiger partial charge on any atom is -0.497 e. The first kappa shape index (κ1) is 28.2. The van der Waals surface area contributed by atoms with Crippen molar-refractivity contribution in [1.29, 1.82) is 0 Å². The minimum atomic E-state index is -0.684. The van der Waals surface area contributed by atoms with Gasteiger partial charge in [0, 0.05) is 37.7 Å². The van der Waals surface area contributed by atoms with Crippen molar-refractivity contribution >= 4 is 23.4 Å². The second kappa shape index (κ2) is 15.0. The van der Waals surface area contributed by atoms with Gasteiger partial charge in [-0.1, -0.05) is 66.2 Å². The molecule has 0 aromatic heterocycles. The molecule has 2 amide bonds. The molecule has 0 heterocycles. The quantitative estimate of drug-likeness (QED) is 0.300. The molecule has 196 valence electrons. The predicted octanol–water partition coefficient (Wildman–Crippen LogP) is 5.07. The minimum absolute atomic E-state index is 0.136. The predicted molar refractivity (Wildman–Crippen MR) is 147 cm³/mol. The van der Waals surface area contributed by atoms with Crippen LogP contribution in [0.4, 0.5) is 0 Å². The van der Waals surface area contributed by atoms with E-state index in [0.29, 0.717) is 44.2 Å². The summed E-state index contributed by atoms with van der Waals surface area (Å²) in [7, 11) is 1.61. The normalized spacial score (nSPS) is 11.5. The van der Waals surface area contributed by atoms with E-state index in [-0.39, 0.29) is 18.2 Å². The van der Waals surface area contributed by atoms with Crippen LogP contribution in [0, 0.1) is 0 Å². The number of methoxy groups -OCH3 is 1. The van der Waals surface area contributed by atoms with Crippen LogP contribution in [0.15, 0.2) is 78.9 Å². The van der Waals surface area contributed by atoms with Gasteiger partial charge in [0.25, 0.3) is 0 Å². The highest BCUT2D eigenvalue weighted by Gasteiger charge is 2.30. The molecule has 0 aliphatic carbocycles. The van der Waals surface area contributed by atoms with Crippen LogP contribution in [0.2, 0.25) is 5.02 Å². The summed E-state index contributed by atoms with van der Waals surface area (Å²) in [5.74, 6) is 0.414. The molecule has 0 fully saturated rings. The van der Waals surface area contributed by atoms with Crippen molar-refractivity contribution in [3.63, 3.8) is 0 Å². The van der Waals surface area contributed by atoms with Crippen molar-refractivity contribution in [3.8, 4) is 5.75 Å². The van der Waals surface area contributed by atoms with Crippen LogP contribution in [0.1, 0.15) is 30.0 Å². The molecule has 0 saturated carbocycles. The van der Waals surface area contributed by atoms with E-state index in [1.165, 1.54) is 0 Å². The summed E-state index contributed by atoms with van der Waals surface area (Å²) >= 11 is 6.04. The van der Waals surface area contributed by atoms with E-state index in [2.05, 4.69) is 5.32 Å².